The first kappa shape index (κ1) is 21.1. The highest BCUT2D eigenvalue weighted by Gasteiger charge is 2.32. The quantitative estimate of drug-likeness (QED) is 0.424. The maximum atomic E-state index is 14.4. The molecule has 7 nitrogen and oxygen atoms in total. The van der Waals surface area contributed by atoms with Crippen molar-refractivity contribution >= 4 is 34.3 Å². The van der Waals surface area contributed by atoms with Crippen molar-refractivity contribution in [3.05, 3.63) is 65.9 Å². The van der Waals surface area contributed by atoms with E-state index in [9.17, 15) is 22.4 Å². The van der Waals surface area contributed by atoms with Crippen LogP contribution >= 0.6 is 0 Å². The normalized spacial score (nSPS) is 11.7. The Morgan fingerprint density at radius 3 is 2.41 bits per heavy atom. The average Bonchev–Trinajstić information content (AvgIpc) is 3.06. The number of nitrogens with two attached hydrogens (primary N) is 2. The van der Waals surface area contributed by atoms with Crippen molar-refractivity contribution in [2.24, 2.45) is 5.73 Å². The molecule has 11 heteroatoms. The predicted molar refractivity (Wildman–Crippen MR) is 110 cm³/mol. The van der Waals surface area contributed by atoms with Crippen LogP contribution in [0.5, 0.6) is 0 Å². The number of amides is 2. The van der Waals surface area contributed by atoms with Gasteiger partial charge in [-0.05, 0) is 42.8 Å². The van der Waals surface area contributed by atoms with Gasteiger partial charge in [-0.1, -0.05) is 12.1 Å². The number of carbonyl (C=O) groups is 1. The molecule has 4 aromatic rings. The number of primary amides is 1. The Balaban J connectivity index is 1.80. The van der Waals surface area contributed by atoms with Crippen LogP contribution in [-0.4, -0.2) is 16.0 Å². The van der Waals surface area contributed by atoms with Crippen molar-refractivity contribution in [1.29, 1.82) is 0 Å². The number of anilines is 3. The molecule has 2 amide bonds. The molecule has 4 N–H and O–H groups in total. The molecule has 0 unspecified atom stereocenters. The van der Waals surface area contributed by atoms with Gasteiger partial charge < -0.3 is 15.9 Å². The van der Waals surface area contributed by atoms with E-state index in [1.54, 1.807) is 19.1 Å². The Kier molecular flexibility index (Phi) is 4.96. The van der Waals surface area contributed by atoms with E-state index in [1.807, 2.05) is 0 Å². The Morgan fingerprint density at radius 2 is 1.78 bits per heavy atom. The molecule has 0 bridgehead atoms. The summed E-state index contributed by atoms with van der Waals surface area (Å²) in [5.41, 5.74) is 11.2. The molecule has 0 atom stereocenters. The fourth-order valence-electron chi connectivity index (χ4n) is 3.44. The third-order valence-corrected chi connectivity index (χ3v) is 4.84. The topological polar surface area (TPSA) is 111 Å². The lowest BCUT2D eigenvalue weighted by Crippen LogP contribution is -2.32. The molecule has 0 aliphatic rings. The minimum absolute atomic E-state index is 0.0640. The average molecular weight is 445 g/mol. The summed E-state index contributed by atoms with van der Waals surface area (Å²) < 4.78 is 59.2. The van der Waals surface area contributed by atoms with Crippen molar-refractivity contribution in [2.75, 3.05) is 10.6 Å². The van der Waals surface area contributed by atoms with Gasteiger partial charge in [-0.15, -0.1) is 0 Å². The summed E-state index contributed by atoms with van der Waals surface area (Å²) in [6, 6.07) is 6.56. The molecule has 2 aromatic carbocycles. The van der Waals surface area contributed by atoms with Crippen LogP contribution in [-0.2, 0) is 6.18 Å². The van der Waals surface area contributed by atoms with E-state index in [0.717, 1.165) is 0 Å². The summed E-state index contributed by atoms with van der Waals surface area (Å²) in [6.07, 6.45) is -3.46. The number of fused-ring (bicyclic) bond motifs is 1. The number of nitrogens with zero attached hydrogens (tertiary/aromatic N) is 3. The van der Waals surface area contributed by atoms with Crippen molar-refractivity contribution in [1.82, 2.24) is 9.97 Å². The Bertz CT molecular complexity index is 1330. The highest BCUT2D eigenvalue weighted by molar-refractivity contribution is 6.02. The van der Waals surface area contributed by atoms with E-state index in [4.69, 9.17) is 15.9 Å². The molecule has 0 fully saturated rings. The van der Waals surface area contributed by atoms with Gasteiger partial charge in [0.15, 0.2) is 0 Å². The van der Waals surface area contributed by atoms with E-state index in [-0.39, 0.29) is 11.5 Å². The molecule has 4 rings (SSSR count). The number of carbonyl (C=O) groups excluding carboxylic acids is 1. The van der Waals surface area contributed by atoms with Gasteiger partial charge in [0.05, 0.1) is 22.3 Å². The molecule has 2 heterocycles. The minimum Gasteiger partial charge on any atom is -0.442 e. The first-order chi connectivity index (χ1) is 15.1. The maximum absolute atomic E-state index is 14.4. The number of aryl methyl sites for hydroxylation is 1. The zero-order valence-corrected chi connectivity index (χ0v) is 16.4. The van der Waals surface area contributed by atoms with E-state index in [2.05, 4.69) is 9.97 Å². The summed E-state index contributed by atoms with van der Waals surface area (Å²) in [5, 5.41) is 0.494. The van der Waals surface area contributed by atoms with Gasteiger partial charge >= 0.3 is 12.2 Å². The van der Waals surface area contributed by atoms with Crippen molar-refractivity contribution in [3.63, 3.8) is 0 Å². The van der Waals surface area contributed by atoms with Gasteiger partial charge in [0, 0.05) is 5.56 Å². The van der Waals surface area contributed by atoms with E-state index >= 15 is 0 Å². The minimum atomic E-state index is -4.72. The summed E-state index contributed by atoms with van der Waals surface area (Å²) in [5.74, 6) is -0.325. The summed E-state index contributed by atoms with van der Waals surface area (Å²) in [4.78, 5) is 20.7. The van der Waals surface area contributed by atoms with Crippen LogP contribution in [0.25, 0.3) is 22.2 Å². The second kappa shape index (κ2) is 7.52. The van der Waals surface area contributed by atoms with Gasteiger partial charge in [0.2, 0.25) is 5.71 Å². The number of benzene rings is 2. The second-order valence-electron chi connectivity index (χ2n) is 6.86. The van der Waals surface area contributed by atoms with Crippen molar-refractivity contribution < 1.29 is 26.8 Å². The lowest BCUT2D eigenvalue weighted by atomic mass is 10.0. The summed E-state index contributed by atoms with van der Waals surface area (Å²) in [6.45, 7) is 1.71. The lowest BCUT2D eigenvalue weighted by molar-refractivity contribution is -0.137. The summed E-state index contributed by atoms with van der Waals surface area (Å²) >= 11 is 0. The highest BCUT2D eigenvalue weighted by Crippen LogP contribution is 2.38. The number of furan rings is 1. The van der Waals surface area contributed by atoms with Gasteiger partial charge in [-0.2, -0.15) is 13.2 Å². The number of alkyl halides is 3. The first-order valence-electron chi connectivity index (χ1n) is 9.14. The number of hydrogen-bond donors (Lipinski definition) is 2. The Morgan fingerprint density at radius 1 is 1.09 bits per heavy atom. The van der Waals surface area contributed by atoms with Gasteiger partial charge in [-0.3, -0.25) is 4.90 Å². The van der Waals surface area contributed by atoms with Gasteiger partial charge in [0.1, 0.15) is 23.7 Å². The fourth-order valence-corrected chi connectivity index (χ4v) is 3.44. The number of aromatic nitrogens is 2. The molecule has 32 heavy (non-hydrogen) atoms. The number of hydrogen-bond acceptors (Lipinski definition) is 5. The van der Waals surface area contributed by atoms with Crippen LogP contribution in [0.3, 0.4) is 0 Å². The predicted octanol–water partition coefficient (Wildman–Crippen LogP) is 5.16. The monoisotopic (exact) mass is 445 g/mol. The third-order valence-electron chi connectivity index (χ3n) is 4.84. The smallest absolute Gasteiger partial charge is 0.416 e. The molecule has 0 aliphatic heterocycles. The SMILES string of the molecule is Cc1oc2ncnc(N)c2c1-c1ccc(N(C(N)=O)c2cc(C(F)(F)F)ccc2F)cc1. The largest absolute Gasteiger partial charge is 0.442 e. The second-order valence-corrected chi connectivity index (χ2v) is 6.86. The molecule has 0 aliphatic carbocycles. The maximum Gasteiger partial charge on any atom is 0.416 e. The van der Waals surface area contributed by atoms with Crippen LogP contribution in [0.2, 0.25) is 0 Å². The molecule has 2 aromatic heterocycles. The third kappa shape index (κ3) is 3.57. The van der Waals surface area contributed by atoms with Crippen LogP contribution in [0.4, 0.5) is 39.5 Å². The Hall–Kier alpha value is -4.15. The van der Waals surface area contributed by atoms with Crippen LogP contribution < -0.4 is 16.4 Å². The van der Waals surface area contributed by atoms with Crippen molar-refractivity contribution in [3.8, 4) is 11.1 Å². The zero-order chi connectivity index (χ0) is 23.2. The number of halogens is 4. The molecule has 164 valence electrons. The molecular weight excluding hydrogens is 430 g/mol. The van der Waals surface area contributed by atoms with E-state index < -0.39 is 29.3 Å². The number of urea groups is 1. The van der Waals surface area contributed by atoms with E-state index in [1.165, 1.54) is 18.5 Å². The molecule has 0 saturated carbocycles. The molecule has 0 radical (unpaired) electrons. The standard InChI is InChI=1S/C21H15F4N5O2/c1-10-16(17-18(26)28-9-29-19(17)32-10)11-2-5-13(6-3-11)30(20(27)31)15-8-12(21(23,24)25)4-7-14(15)22/h2-9H,1H3,(H2,27,31)(H2,26,28,29). The highest BCUT2D eigenvalue weighted by atomic mass is 19.4. The van der Waals surface area contributed by atoms with Crippen molar-refractivity contribution in [2.45, 2.75) is 13.1 Å². The van der Waals surface area contributed by atoms with E-state index in [0.29, 0.717) is 51.1 Å². The van der Waals surface area contributed by atoms with Gasteiger partial charge in [0.25, 0.3) is 0 Å². The number of rotatable bonds is 3. The Labute approximate surface area is 178 Å². The number of nitrogen functional groups attached to an aromatic ring is 1. The van der Waals surface area contributed by atoms with Crippen LogP contribution in [0, 0.1) is 12.7 Å². The van der Waals surface area contributed by atoms with Crippen LogP contribution in [0.15, 0.2) is 53.2 Å². The first-order valence-corrected chi connectivity index (χ1v) is 9.14. The molecule has 0 saturated heterocycles. The zero-order valence-electron chi connectivity index (χ0n) is 16.4. The molecular formula is C21H15F4N5O2. The van der Waals surface area contributed by atoms with Crippen LogP contribution in [0.1, 0.15) is 11.3 Å². The molecule has 0 spiro atoms. The lowest BCUT2D eigenvalue weighted by Gasteiger charge is -2.22. The van der Waals surface area contributed by atoms with Gasteiger partial charge in [-0.25, -0.2) is 19.2 Å². The summed E-state index contributed by atoms with van der Waals surface area (Å²) in [7, 11) is 0. The fraction of sp³-hybridized carbons (Fsp3) is 0.0952.